The lowest BCUT2D eigenvalue weighted by atomic mass is 10.2. The van der Waals surface area contributed by atoms with E-state index in [1.807, 2.05) is 24.1 Å². The zero-order chi connectivity index (χ0) is 19.8. The number of carbonyl (C=O) groups excluding carboxylic acids is 3. The summed E-state index contributed by atoms with van der Waals surface area (Å²) >= 11 is 0. The van der Waals surface area contributed by atoms with Crippen LogP contribution in [-0.4, -0.2) is 70.5 Å². The van der Waals surface area contributed by atoms with Gasteiger partial charge < -0.3 is 20.9 Å². The summed E-state index contributed by atoms with van der Waals surface area (Å²) in [4.78, 5) is 39.3. The number of rotatable bonds is 6. The highest BCUT2D eigenvalue weighted by Gasteiger charge is 2.56. The van der Waals surface area contributed by atoms with Crippen LogP contribution in [0, 0.1) is 17.8 Å². The lowest BCUT2D eigenvalue weighted by Gasteiger charge is -2.22. The van der Waals surface area contributed by atoms with Crippen molar-refractivity contribution in [3.05, 3.63) is 36.2 Å². The van der Waals surface area contributed by atoms with Gasteiger partial charge in [0.05, 0.1) is 11.1 Å². The van der Waals surface area contributed by atoms with E-state index in [1.54, 1.807) is 27.9 Å². The van der Waals surface area contributed by atoms with E-state index in [-0.39, 0.29) is 24.8 Å². The van der Waals surface area contributed by atoms with E-state index in [2.05, 4.69) is 10.4 Å². The fraction of sp³-hybridized carbons (Fsp3) is 0.474. The SMILES string of the molecule is CN(CC1[C@H]2CN(C(=O)CCNC(N)=O)C[C@@H]12)C(=O)c1ccn2ncccc12. The predicted molar refractivity (Wildman–Crippen MR) is 101 cm³/mol. The maximum absolute atomic E-state index is 12.8. The van der Waals surface area contributed by atoms with Gasteiger partial charge in [-0.1, -0.05) is 0 Å². The number of aromatic nitrogens is 2. The van der Waals surface area contributed by atoms with Gasteiger partial charge >= 0.3 is 6.03 Å². The number of primary amides is 1. The summed E-state index contributed by atoms with van der Waals surface area (Å²) in [6.07, 6.45) is 3.74. The molecule has 1 aliphatic carbocycles. The molecule has 9 heteroatoms. The quantitative estimate of drug-likeness (QED) is 0.739. The highest BCUT2D eigenvalue weighted by Crippen LogP contribution is 2.52. The van der Waals surface area contributed by atoms with E-state index in [9.17, 15) is 14.4 Å². The van der Waals surface area contributed by atoms with Gasteiger partial charge in [0.2, 0.25) is 5.91 Å². The van der Waals surface area contributed by atoms with Gasteiger partial charge in [-0.3, -0.25) is 9.59 Å². The molecule has 0 spiro atoms. The van der Waals surface area contributed by atoms with Gasteiger partial charge in [0.15, 0.2) is 0 Å². The van der Waals surface area contributed by atoms with Crippen molar-refractivity contribution in [2.24, 2.45) is 23.5 Å². The highest BCUT2D eigenvalue weighted by molar-refractivity contribution is 6.00. The average Bonchev–Trinajstić information content (AvgIpc) is 3.06. The first-order chi connectivity index (χ1) is 13.5. The highest BCUT2D eigenvalue weighted by atomic mass is 16.2. The topological polar surface area (TPSA) is 113 Å². The number of urea groups is 1. The summed E-state index contributed by atoms with van der Waals surface area (Å²) in [5, 5.41) is 6.63. The van der Waals surface area contributed by atoms with E-state index in [0.29, 0.717) is 29.9 Å². The largest absolute Gasteiger partial charge is 0.352 e. The van der Waals surface area contributed by atoms with Crippen LogP contribution in [0.4, 0.5) is 4.79 Å². The van der Waals surface area contributed by atoms with E-state index in [1.165, 1.54) is 0 Å². The molecule has 4 rings (SSSR count). The third-order valence-electron chi connectivity index (χ3n) is 5.86. The van der Waals surface area contributed by atoms with Gasteiger partial charge in [0, 0.05) is 52.0 Å². The van der Waals surface area contributed by atoms with E-state index in [0.717, 1.165) is 18.6 Å². The first kappa shape index (κ1) is 18.3. The molecule has 1 aliphatic heterocycles. The maximum Gasteiger partial charge on any atom is 0.312 e. The minimum absolute atomic E-state index is 0.00840. The smallest absolute Gasteiger partial charge is 0.312 e. The third-order valence-corrected chi connectivity index (χ3v) is 5.86. The Balaban J connectivity index is 1.28. The van der Waals surface area contributed by atoms with Crippen LogP contribution in [0.5, 0.6) is 0 Å². The first-order valence-electron chi connectivity index (χ1n) is 9.44. The van der Waals surface area contributed by atoms with Crippen molar-refractivity contribution in [2.45, 2.75) is 6.42 Å². The number of hydrogen-bond donors (Lipinski definition) is 2. The van der Waals surface area contributed by atoms with Crippen molar-refractivity contribution < 1.29 is 14.4 Å². The molecule has 3 heterocycles. The number of amides is 4. The molecule has 1 saturated heterocycles. The average molecular weight is 384 g/mol. The van der Waals surface area contributed by atoms with E-state index < -0.39 is 6.03 Å². The standard InChI is InChI=1S/C19H24N6O3/c1-23(18(27)12-5-8-25-16(12)3-2-6-22-25)9-13-14-10-24(11-15(13)14)17(26)4-7-21-19(20)28/h2-3,5-6,8,13-15H,4,7,9-11H2,1H3,(H3,20,21,28)/t13?,14-,15+. The number of nitrogens with one attached hydrogen (secondary N) is 1. The van der Waals surface area contributed by atoms with Gasteiger partial charge in [-0.15, -0.1) is 0 Å². The second-order valence-corrected chi connectivity index (χ2v) is 7.60. The van der Waals surface area contributed by atoms with Crippen LogP contribution in [-0.2, 0) is 4.79 Å². The van der Waals surface area contributed by atoms with Crippen LogP contribution in [0.2, 0.25) is 0 Å². The summed E-state index contributed by atoms with van der Waals surface area (Å²) in [6.45, 7) is 2.41. The first-order valence-corrected chi connectivity index (χ1v) is 9.44. The Hall–Kier alpha value is -3.10. The Morgan fingerprint density at radius 2 is 2.04 bits per heavy atom. The van der Waals surface area contributed by atoms with Crippen LogP contribution in [0.1, 0.15) is 16.8 Å². The molecule has 0 aromatic carbocycles. The van der Waals surface area contributed by atoms with Crippen molar-refractivity contribution in [3.63, 3.8) is 0 Å². The predicted octanol–water partition coefficient (Wildman–Crippen LogP) is 0.169. The molecule has 2 aliphatic rings. The summed E-state index contributed by atoms with van der Waals surface area (Å²) in [5.41, 5.74) is 6.46. The van der Waals surface area contributed by atoms with Crippen LogP contribution in [0.15, 0.2) is 30.6 Å². The molecule has 1 unspecified atom stereocenters. The number of carbonyl (C=O) groups is 3. The normalized spacial score (nSPS) is 22.8. The van der Waals surface area contributed by atoms with Gasteiger partial charge in [-0.05, 0) is 36.0 Å². The molecule has 2 aromatic heterocycles. The van der Waals surface area contributed by atoms with Crippen LogP contribution < -0.4 is 11.1 Å². The number of piperidine rings is 1. The zero-order valence-corrected chi connectivity index (χ0v) is 15.7. The summed E-state index contributed by atoms with van der Waals surface area (Å²) in [5.74, 6) is 1.38. The van der Waals surface area contributed by atoms with Crippen molar-refractivity contribution in [2.75, 3.05) is 33.2 Å². The monoisotopic (exact) mass is 384 g/mol. The fourth-order valence-corrected chi connectivity index (χ4v) is 4.31. The van der Waals surface area contributed by atoms with Gasteiger partial charge in [0.1, 0.15) is 0 Å². The molecule has 0 bridgehead atoms. The molecular formula is C19H24N6O3. The fourth-order valence-electron chi connectivity index (χ4n) is 4.31. The molecule has 1 saturated carbocycles. The molecular weight excluding hydrogens is 360 g/mol. The van der Waals surface area contributed by atoms with Crippen molar-refractivity contribution in [1.29, 1.82) is 0 Å². The lowest BCUT2D eigenvalue weighted by molar-refractivity contribution is -0.130. The molecule has 0 radical (unpaired) electrons. The Bertz CT molecular complexity index is 913. The maximum atomic E-state index is 12.8. The van der Waals surface area contributed by atoms with Crippen molar-refractivity contribution in [1.82, 2.24) is 24.7 Å². The Morgan fingerprint density at radius 1 is 1.29 bits per heavy atom. The third kappa shape index (κ3) is 3.39. The second-order valence-electron chi connectivity index (χ2n) is 7.60. The number of nitrogens with two attached hydrogens (primary N) is 1. The second kappa shape index (κ2) is 7.14. The molecule has 3 atom stereocenters. The van der Waals surface area contributed by atoms with Gasteiger partial charge in [-0.2, -0.15) is 5.10 Å². The number of hydrogen-bond acceptors (Lipinski definition) is 4. The summed E-state index contributed by atoms with van der Waals surface area (Å²) in [7, 11) is 1.83. The molecule has 28 heavy (non-hydrogen) atoms. The Morgan fingerprint density at radius 3 is 2.75 bits per heavy atom. The molecule has 148 valence electrons. The zero-order valence-electron chi connectivity index (χ0n) is 15.7. The van der Waals surface area contributed by atoms with Crippen LogP contribution >= 0.6 is 0 Å². The lowest BCUT2D eigenvalue weighted by Crippen LogP contribution is -2.37. The van der Waals surface area contributed by atoms with Crippen LogP contribution in [0.25, 0.3) is 5.52 Å². The van der Waals surface area contributed by atoms with Gasteiger partial charge in [0.25, 0.3) is 5.91 Å². The van der Waals surface area contributed by atoms with Gasteiger partial charge in [-0.25, -0.2) is 9.31 Å². The Kier molecular flexibility index (Phi) is 4.66. The minimum atomic E-state index is -0.614. The van der Waals surface area contributed by atoms with E-state index >= 15 is 0 Å². The Labute approximate surface area is 162 Å². The summed E-state index contributed by atoms with van der Waals surface area (Å²) in [6, 6.07) is 4.89. The van der Waals surface area contributed by atoms with Crippen molar-refractivity contribution in [3.8, 4) is 0 Å². The molecule has 2 aromatic rings. The molecule has 2 fully saturated rings. The number of fused-ring (bicyclic) bond motifs is 2. The number of nitrogens with zero attached hydrogens (tertiary/aromatic N) is 4. The molecule has 3 N–H and O–H groups in total. The van der Waals surface area contributed by atoms with Crippen LogP contribution in [0.3, 0.4) is 0 Å². The minimum Gasteiger partial charge on any atom is -0.352 e. The van der Waals surface area contributed by atoms with Crippen molar-refractivity contribution >= 4 is 23.4 Å². The molecule has 4 amide bonds. The number of likely N-dealkylation sites (tertiary alicyclic amines) is 1. The molecule has 9 nitrogen and oxygen atoms in total. The van der Waals surface area contributed by atoms with E-state index in [4.69, 9.17) is 5.73 Å². The summed E-state index contributed by atoms with van der Waals surface area (Å²) < 4.78 is 1.70.